The van der Waals surface area contributed by atoms with Gasteiger partial charge in [0.1, 0.15) is 0 Å². The zero-order chi connectivity index (χ0) is 12.0. The third-order valence-electron chi connectivity index (χ3n) is 2.86. The number of ether oxygens (including phenoxy) is 1. The minimum Gasteiger partial charge on any atom is -0.468 e. The number of carbonyl (C=O) groups excluding carboxylic acids is 1. The van der Waals surface area contributed by atoms with E-state index in [-0.39, 0.29) is 5.97 Å². The van der Waals surface area contributed by atoms with Crippen LogP contribution in [0.3, 0.4) is 0 Å². The summed E-state index contributed by atoms with van der Waals surface area (Å²) < 4.78 is 4.65. The Bertz CT molecular complexity index is 245. The van der Waals surface area contributed by atoms with Crippen molar-refractivity contribution in [2.75, 3.05) is 33.3 Å². The Kier molecular flexibility index (Phi) is 5.49. The normalized spacial score (nSPS) is 18.4. The Morgan fingerprint density at radius 1 is 1.50 bits per heavy atom. The lowest BCUT2D eigenvalue weighted by atomic mass is 10.0. The highest BCUT2D eigenvalue weighted by molar-refractivity contribution is 5.71. The van der Waals surface area contributed by atoms with Crippen LogP contribution >= 0.6 is 0 Å². The molecule has 0 saturated carbocycles. The number of likely N-dealkylation sites (tertiary alicyclic amines) is 1. The maximum absolute atomic E-state index is 11.1. The van der Waals surface area contributed by atoms with Crippen molar-refractivity contribution in [2.45, 2.75) is 25.8 Å². The third kappa shape index (κ3) is 4.77. The van der Waals surface area contributed by atoms with E-state index < -0.39 is 0 Å². The molecule has 1 fully saturated rings. The first kappa shape index (κ1) is 13.2. The Labute approximate surface area is 97.6 Å². The lowest BCUT2D eigenvalue weighted by molar-refractivity contribution is -0.142. The Morgan fingerprint density at radius 3 is 2.62 bits per heavy atom. The number of nitrogens with one attached hydrogen (secondary N) is 1. The van der Waals surface area contributed by atoms with Crippen LogP contribution in [0.15, 0.2) is 12.2 Å². The van der Waals surface area contributed by atoms with Gasteiger partial charge in [0.25, 0.3) is 0 Å². The van der Waals surface area contributed by atoms with Crippen LogP contribution in [-0.2, 0) is 9.53 Å². The monoisotopic (exact) mass is 226 g/mol. The van der Waals surface area contributed by atoms with Crippen molar-refractivity contribution in [3.63, 3.8) is 0 Å². The number of carbonyl (C=O) groups is 1. The zero-order valence-corrected chi connectivity index (χ0v) is 10.3. The molecule has 92 valence electrons. The summed E-state index contributed by atoms with van der Waals surface area (Å²) in [6, 6.07) is 0.561. The van der Waals surface area contributed by atoms with Crippen LogP contribution in [0.1, 0.15) is 19.8 Å². The van der Waals surface area contributed by atoms with E-state index in [1.165, 1.54) is 7.11 Å². The second-order valence-corrected chi connectivity index (χ2v) is 4.46. The van der Waals surface area contributed by atoms with Crippen LogP contribution in [0.4, 0.5) is 0 Å². The second-order valence-electron chi connectivity index (χ2n) is 4.46. The summed E-state index contributed by atoms with van der Waals surface area (Å²) >= 11 is 0. The van der Waals surface area contributed by atoms with Gasteiger partial charge in [-0.15, -0.1) is 0 Å². The highest BCUT2D eigenvalue weighted by Crippen LogP contribution is 2.10. The molecule has 0 unspecified atom stereocenters. The minimum atomic E-state index is -0.145. The van der Waals surface area contributed by atoms with Crippen molar-refractivity contribution in [1.29, 1.82) is 0 Å². The van der Waals surface area contributed by atoms with Gasteiger partial charge in [0.2, 0.25) is 0 Å². The Balaban J connectivity index is 2.18. The molecule has 0 aliphatic carbocycles. The highest BCUT2D eigenvalue weighted by atomic mass is 16.5. The van der Waals surface area contributed by atoms with Gasteiger partial charge < -0.3 is 10.1 Å². The van der Waals surface area contributed by atoms with Crippen LogP contribution in [0, 0.1) is 0 Å². The van der Waals surface area contributed by atoms with E-state index in [1.807, 2.05) is 6.92 Å². The first-order valence-corrected chi connectivity index (χ1v) is 5.78. The maximum atomic E-state index is 11.1. The molecule has 0 spiro atoms. The van der Waals surface area contributed by atoms with E-state index in [0.29, 0.717) is 12.6 Å². The lowest BCUT2D eigenvalue weighted by Gasteiger charge is -2.31. The third-order valence-corrected chi connectivity index (χ3v) is 2.86. The molecule has 1 aliphatic rings. The fraction of sp³-hybridized carbons (Fsp3) is 0.750. The number of hydrogen-bond donors (Lipinski definition) is 1. The van der Waals surface area contributed by atoms with Crippen LogP contribution in [0.2, 0.25) is 0 Å². The first-order chi connectivity index (χ1) is 7.61. The maximum Gasteiger partial charge on any atom is 0.319 e. The standard InChI is InChI=1S/C12H22N2O2/c1-10(2)8-13-11-4-6-14(7-5-11)9-12(15)16-3/h11,13H,1,4-9H2,2-3H3. The largest absolute Gasteiger partial charge is 0.468 e. The molecule has 1 N–H and O–H groups in total. The molecule has 0 radical (unpaired) electrons. The lowest BCUT2D eigenvalue weighted by Crippen LogP contribution is -2.44. The van der Waals surface area contributed by atoms with Crippen LogP contribution in [-0.4, -0.2) is 50.2 Å². The number of rotatable bonds is 5. The average Bonchev–Trinajstić information content (AvgIpc) is 2.28. The fourth-order valence-electron chi connectivity index (χ4n) is 1.86. The molecule has 0 bridgehead atoms. The molecule has 16 heavy (non-hydrogen) atoms. The van der Waals surface area contributed by atoms with E-state index in [2.05, 4.69) is 21.5 Å². The Hall–Kier alpha value is -0.870. The Morgan fingerprint density at radius 2 is 2.12 bits per heavy atom. The van der Waals surface area contributed by atoms with Gasteiger partial charge in [0, 0.05) is 25.7 Å². The summed E-state index contributed by atoms with van der Waals surface area (Å²) in [7, 11) is 1.43. The summed E-state index contributed by atoms with van der Waals surface area (Å²) in [5, 5.41) is 3.47. The van der Waals surface area contributed by atoms with E-state index in [9.17, 15) is 4.79 Å². The number of nitrogens with zero attached hydrogens (tertiary/aromatic N) is 1. The average molecular weight is 226 g/mol. The molecule has 1 saturated heterocycles. The van der Waals surface area contributed by atoms with Crippen molar-refractivity contribution < 1.29 is 9.53 Å². The summed E-state index contributed by atoms with van der Waals surface area (Å²) in [5.41, 5.74) is 1.16. The molecule has 0 amide bonds. The smallest absolute Gasteiger partial charge is 0.319 e. The number of esters is 1. The van der Waals surface area contributed by atoms with Gasteiger partial charge in [-0.25, -0.2) is 0 Å². The second kappa shape index (κ2) is 6.66. The molecular weight excluding hydrogens is 204 g/mol. The first-order valence-electron chi connectivity index (χ1n) is 5.78. The molecular formula is C12H22N2O2. The quantitative estimate of drug-likeness (QED) is 0.556. The summed E-state index contributed by atoms with van der Waals surface area (Å²) in [5.74, 6) is -0.145. The summed E-state index contributed by atoms with van der Waals surface area (Å²) in [4.78, 5) is 13.2. The van der Waals surface area contributed by atoms with Crippen molar-refractivity contribution in [3.05, 3.63) is 12.2 Å². The van der Waals surface area contributed by atoms with Gasteiger partial charge in [-0.2, -0.15) is 0 Å². The molecule has 0 aromatic carbocycles. The van der Waals surface area contributed by atoms with Gasteiger partial charge in [0.15, 0.2) is 0 Å². The van der Waals surface area contributed by atoms with Crippen LogP contribution in [0.5, 0.6) is 0 Å². The van der Waals surface area contributed by atoms with Gasteiger partial charge in [-0.3, -0.25) is 9.69 Å². The molecule has 1 rings (SSSR count). The topological polar surface area (TPSA) is 41.6 Å². The molecule has 0 atom stereocenters. The van der Waals surface area contributed by atoms with Crippen LogP contribution in [0.25, 0.3) is 0 Å². The minimum absolute atomic E-state index is 0.145. The number of piperidine rings is 1. The van der Waals surface area contributed by atoms with E-state index in [4.69, 9.17) is 0 Å². The van der Waals surface area contributed by atoms with Crippen molar-refractivity contribution in [2.24, 2.45) is 0 Å². The SMILES string of the molecule is C=C(C)CNC1CCN(CC(=O)OC)CC1. The van der Waals surface area contributed by atoms with Gasteiger partial charge in [-0.1, -0.05) is 12.2 Å². The van der Waals surface area contributed by atoms with Gasteiger partial charge in [0.05, 0.1) is 13.7 Å². The number of methoxy groups -OCH3 is 1. The van der Waals surface area contributed by atoms with Crippen molar-refractivity contribution in [3.8, 4) is 0 Å². The van der Waals surface area contributed by atoms with Gasteiger partial charge in [-0.05, 0) is 19.8 Å². The predicted molar refractivity (Wildman–Crippen MR) is 64.3 cm³/mol. The molecule has 1 aliphatic heterocycles. The zero-order valence-electron chi connectivity index (χ0n) is 10.3. The van der Waals surface area contributed by atoms with E-state index in [0.717, 1.165) is 38.0 Å². The van der Waals surface area contributed by atoms with E-state index in [1.54, 1.807) is 0 Å². The molecule has 0 aromatic heterocycles. The fourth-order valence-corrected chi connectivity index (χ4v) is 1.86. The molecule has 4 nitrogen and oxygen atoms in total. The molecule has 0 aromatic rings. The van der Waals surface area contributed by atoms with Crippen LogP contribution < -0.4 is 5.32 Å². The van der Waals surface area contributed by atoms with Crippen molar-refractivity contribution >= 4 is 5.97 Å². The summed E-state index contributed by atoms with van der Waals surface area (Å²) in [6.07, 6.45) is 2.18. The molecule has 1 heterocycles. The number of hydrogen-bond acceptors (Lipinski definition) is 4. The highest BCUT2D eigenvalue weighted by Gasteiger charge is 2.20. The molecule has 4 heteroatoms. The predicted octanol–water partition coefficient (Wildman–Crippen LogP) is 0.790. The van der Waals surface area contributed by atoms with Crippen molar-refractivity contribution in [1.82, 2.24) is 10.2 Å². The summed E-state index contributed by atoms with van der Waals surface area (Å²) in [6.45, 7) is 9.13. The van der Waals surface area contributed by atoms with Gasteiger partial charge >= 0.3 is 5.97 Å². The van der Waals surface area contributed by atoms with E-state index >= 15 is 0 Å².